The third-order valence-electron chi connectivity index (χ3n) is 6.75. The molecule has 0 amide bonds. The van der Waals surface area contributed by atoms with Crippen molar-refractivity contribution in [1.29, 1.82) is 0 Å². The molecule has 0 aliphatic carbocycles. The largest absolute Gasteiger partial charge is 0.493 e. The second kappa shape index (κ2) is 10.4. The van der Waals surface area contributed by atoms with Crippen LogP contribution in [-0.4, -0.2) is 71.8 Å². The molecule has 0 N–H and O–H groups in total. The maximum Gasteiger partial charge on any atom is 0.231 e. The first-order chi connectivity index (χ1) is 18.4. The van der Waals surface area contributed by atoms with Gasteiger partial charge in [0.05, 0.1) is 28.4 Å². The number of likely N-dealkylation sites (tertiary alicyclic amines) is 1. The average molecular weight is 526 g/mol. The Kier molecular flexibility index (Phi) is 6.98. The van der Waals surface area contributed by atoms with Gasteiger partial charge in [0.25, 0.3) is 0 Å². The van der Waals surface area contributed by atoms with Gasteiger partial charge in [-0.1, -0.05) is 0 Å². The molecule has 1 fully saturated rings. The van der Waals surface area contributed by atoms with Gasteiger partial charge in [-0.15, -0.1) is 0 Å². The highest BCUT2D eigenvalue weighted by Gasteiger charge is 2.32. The van der Waals surface area contributed by atoms with E-state index in [1.807, 2.05) is 12.2 Å². The van der Waals surface area contributed by atoms with Crippen molar-refractivity contribution in [2.75, 3.05) is 55.1 Å². The van der Waals surface area contributed by atoms with Crippen molar-refractivity contribution in [2.45, 2.75) is 19.9 Å². The number of carbonyl (C=O) groups is 1. The molecule has 3 aliphatic heterocycles. The van der Waals surface area contributed by atoms with E-state index in [1.54, 1.807) is 40.6 Å². The fourth-order valence-electron chi connectivity index (χ4n) is 4.81. The fourth-order valence-corrected chi connectivity index (χ4v) is 4.81. The number of fused-ring (bicyclic) bond motifs is 2. The van der Waals surface area contributed by atoms with Crippen LogP contribution in [0.15, 0.2) is 23.3 Å². The third kappa shape index (κ3) is 4.34. The molecule has 2 aromatic rings. The lowest BCUT2D eigenvalue weighted by Gasteiger charge is -2.33. The van der Waals surface area contributed by atoms with E-state index < -0.39 is 0 Å². The number of piperidine rings is 1. The fraction of sp³-hybridized carbons (Fsp3) is 0.393. The molecule has 0 spiro atoms. The van der Waals surface area contributed by atoms with E-state index >= 15 is 0 Å². The Bertz CT molecular complexity index is 1230. The highest BCUT2D eigenvalue weighted by atomic mass is 16.7. The third-order valence-corrected chi connectivity index (χ3v) is 6.75. The molecule has 38 heavy (non-hydrogen) atoms. The van der Waals surface area contributed by atoms with Crippen LogP contribution >= 0.6 is 0 Å². The molecular formula is C28H31NO9. The summed E-state index contributed by atoms with van der Waals surface area (Å²) in [6.45, 7) is 5.26. The van der Waals surface area contributed by atoms with Crippen molar-refractivity contribution in [3.63, 3.8) is 0 Å². The van der Waals surface area contributed by atoms with Crippen LogP contribution in [0.3, 0.4) is 0 Å². The Hall–Kier alpha value is -4.05. The number of carbonyl (C=O) groups excluding carboxylic acids is 1. The topological polar surface area (TPSA) is 94.2 Å². The van der Waals surface area contributed by atoms with E-state index in [2.05, 4.69) is 18.7 Å². The lowest BCUT2D eigenvalue weighted by atomic mass is 9.92. The Morgan fingerprint density at radius 1 is 0.711 bits per heavy atom. The maximum absolute atomic E-state index is 13.9. The highest BCUT2D eigenvalue weighted by Crippen LogP contribution is 2.51. The molecule has 0 aromatic heterocycles. The van der Waals surface area contributed by atoms with Gasteiger partial charge >= 0.3 is 0 Å². The molecule has 0 radical (unpaired) electrons. The standard InChI is InChI=1S/C28H31NO9/c1-15(2)29-11-18(7-16-9-20(31-3)25-27(23(16)33-5)37-13-35-25)22(30)19(12-29)8-17-10-21(32-4)26-28(24(17)34-6)38-14-36-26/h7-10,15H,11-14H2,1-6H3. The molecule has 10 nitrogen and oxygen atoms in total. The Labute approximate surface area is 221 Å². The van der Waals surface area contributed by atoms with Crippen molar-refractivity contribution in [1.82, 2.24) is 4.90 Å². The Morgan fingerprint density at radius 3 is 1.50 bits per heavy atom. The first kappa shape index (κ1) is 25.6. The van der Waals surface area contributed by atoms with Gasteiger partial charge in [0.2, 0.25) is 36.6 Å². The Morgan fingerprint density at radius 2 is 1.13 bits per heavy atom. The van der Waals surface area contributed by atoms with E-state index in [-0.39, 0.29) is 25.4 Å². The molecule has 10 heteroatoms. The number of methoxy groups -OCH3 is 4. The summed E-state index contributed by atoms with van der Waals surface area (Å²) >= 11 is 0. The lowest BCUT2D eigenvalue weighted by molar-refractivity contribution is -0.113. The van der Waals surface area contributed by atoms with Gasteiger partial charge in [0.15, 0.2) is 28.8 Å². The molecule has 5 rings (SSSR count). The predicted molar refractivity (Wildman–Crippen MR) is 139 cm³/mol. The SMILES string of the molecule is COc1cc(C=C2CN(C(C)C)CC(=Cc3cc(OC)c4c(c3OC)OCO4)C2=O)c(OC)c2c1OCO2. The smallest absolute Gasteiger partial charge is 0.231 e. The normalized spacial score (nSPS) is 18.4. The zero-order valence-corrected chi connectivity index (χ0v) is 22.3. The second-order valence-electron chi connectivity index (χ2n) is 9.20. The van der Waals surface area contributed by atoms with Gasteiger partial charge < -0.3 is 37.9 Å². The molecular weight excluding hydrogens is 494 g/mol. The van der Waals surface area contributed by atoms with Crippen LogP contribution in [0.2, 0.25) is 0 Å². The van der Waals surface area contributed by atoms with Crippen LogP contribution in [0.4, 0.5) is 0 Å². The van der Waals surface area contributed by atoms with Crippen LogP contribution in [0.25, 0.3) is 12.2 Å². The number of ketones is 1. The first-order valence-electron chi connectivity index (χ1n) is 12.2. The number of Topliss-reactive ketones (excluding diaryl/α,β-unsaturated/α-hetero) is 1. The highest BCUT2D eigenvalue weighted by molar-refractivity contribution is 6.15. The van der Waals surface area contributed by atoms with Crippen molar-refractivity contribution < 1.29 is 42.7 Å². The van der Waals surface area contributed by atoms with Crippen molar-refractivity contribution in [3.05, 3.63) is 34.4 Å². The molecule has 2 aromatic carbocycles. The Balaban J connectivity index is 1.61. The van der Waals surface area contributed by atoms with Gasteiger partial charge in [-0.3, -0.25) is 9.69 Å². The number of hydrogen-bond acceptors (Lipinski definition) is 10. The summed E-state index contributed by atoms with van der Waals surface area (Å²) in [5, 5.41) is 0. The minimum Gasteiger partial charge on any atom is -0.493 e. The molecule has 0 saturated carbocycles. The molecule has 0 atom stereocenters. The zero-order valence-electron chi connectivity index (χ0n) is 22.3. The summed E-state index contributed by atoms with van der Waals surface area (Å²) < 4.78 is 44.8. The van der Waals surface area contributed by atoms with Crippen LogP contribution in [0.5, 0.6) is 46.0 Å². The summed E-state index contributed by atoms with van der Waals surface area (Å²) in [7, 11) is 6.22. The average Bonchev–Trinajstić information content (AvgIpc) is 3.60. The van der Waals surface area contributed by atoms with E-state index in [4.69, 9.17) is 37.9 Å². The molecule has 1 saturated heterocycles. The van der Waals surface area contributed by atoms with E-state index in [0.717, 1.165) is 0 Å². The van der Waals surface area contributed by atoms with E-state index in [9.17, 15) is 4.79 Å². The molecule has 3 aliphatic rings. The minimum atomic E-state index is -0.0840. The predicted octanol–water partition coefficient (Wildman–Crippen LogP) is 3.94. The minimum absolute atomic E-state index is 0.0653. The van der Waals surface area contributed by atoms with Gasteiger partial charge in [-0.05, 0) is 38.1 Å². The molecule has 0 unspecified atom stereocenters. The van der Waals surface area contributed by atoms with Gasteiger partial charge in [0, 0.05) is 41.4 Å². The molecule has 0 bridgehead atoms. The quantitative estimate of drug-likeness (QED) is 0.495. The summed E-state index contributed by atoms with van der Waals surface area (Å²) in [5.41, 5.74) is 2.51. The summed E-state index contributed by atoms with van der Waals surface area (Å²) in [4.78, 5) is 16.1. The number of nitrogens with zero attached hydrogens (tertiary/aromatic N) is 1. The van der Waals surface area contributed by atoms with Gasteiger partial charge in [0.1, 0.15) is 0 Å². The summed E-state index contributed by atoms with van der Waals surface area (Å²) in [6.07, 6.45) is 3.65. The van der Waals surface area contributed by atoms with E-state index in [1.165, 1.54) is 0 Å². The van der Waals surface area contributed by atoms with Crippen molar-refractivity contribution in [3.8, 4) is 46.0 Å². The number of ether oxygens (including phenoxy) is 8. The number of benzene rings is 2. The summed E-state index contributed by atoms with van der Waals surface area (Å²) in [6, 6.07) is 3.77. The molecule has 3 heterocycles. The van der Waals surface area contributed by atoms with Crippen LogP contribution in [0, 0.1) is 0 Å². The van der Waals surface area contributed by atoms with Crippen LogP contribution < -0.4 is 37.9 Å². The maximum atomic E-state index is 13.9. The van der Waals surface area contributed by atoms with Gasteiger partial charge in [-0.25, -0.2) is 0 Å². The number of rotatable bonds is 7. The van der Waals surface area contributed by atoms with E-state index in [0.29, 0.717) is 81.4 Å². The second-order valence-corrected chi connectivity index (χ2v) is 9.20. The zero-order chi connectivity index (χ0) is 27.0. The molecule has 202 valence electrons. The van der Waals surface area contributed by atoms with Gasteiger partial charge in [-0.2, -0.15) is 0 Å². The van der Waals surface area contributed by atoms with Crippen LogP contribution in [0.1, 0.15) is 25.0 Å². The van der Waals surface area contributed by atoms with Crippen molar-refractivity contribution >= 4 is 17.9 Å². The van der Waals surface area contributed by atoms with Crippen molar-refractivity contribution in [2.24, 2.45) is 0 Å². The first-order valence-corrected chi connectivity index (χ1v) is 12.2. The van der Waals surface area contributed by atoms with Crippen LogP contribution in [-0.2, 0) is 4.79 Å². The lowest BCUT2D eigenvalue weighted by Crippen LogP contribution is -2.41. The number of hydrogen-bond donors (Lipinski definition) is 0. The summed E-state index contributed by atoms with van der Waals surface area (Å²) in [5.74, 6) is 3.75. The monoisotopic (exact) mass is 525 g/mol.